The van der Waals surface area contributed by atoms with Crippen LogP contribution in [0.1, 0.15) is 53.9 Å². The van der Waals surface area contributed by atoms with E-state index in [0.29, 0.717) is 29.6 Å². The summed E-state index contributed by atoms with van der Waals surface area (Å²) in [5.41, 5.74) is 0.697. The van der Waals surface area contributed by atoms with Gasteiger partial charge in [0.25, 0.3) is 5.91 Å². The third kappa shape index (κ3) is 3.71. The summed E-state index contributed by atoms with van der Waals surface area (Å²) in [5.74, 6) is 0.394. The molecule has 126 valence electrons. The number of hydrogen-bond acceptors (Lipinski definition) is 5. The van der Waals surface area contributed by atoms with Crippen molar-refractivity contribution in [2.24, 2.45) is 5.92 Å². The molecule has 0 atom stereocenters. The van der Waals surface area contributed by atoms with E-state index in [1.165, 1.54) is 12.8 Å². The standard InChI is InChI=1S/C16H24N4O2S/c1-12-14(23-18-17-12)16(22)20-10-6-13(7-11-20)15(21)19-8-4-2-3-5-9-19/h13H,2-11H2,1H3. The van der Waals surface area contributed by atoms with Gasteiger partial charge >= 0.3 is 0 Å². The first-order valence-electron chi connectivity index (χ1n) is 8.54. The number of piperidine rings is 1. The van der Waals surface area contributed by atoms with Gasteiger partial charge in [0.1, 0.15) is 4.88 Å². The molecule has 1 aromatic heterocycles. The van der Waals surface area contributed by atoms with Gasteiger partial charge < -0.3 is 9.80 Å². The number of hydrogen-bond donors (Lipinski definition) is 0. The van der Waals surface area contributed by atoms with Crippen molar-refractivity contribution in [1.29, 1.82) is 0 Å². The molecule has 23 heavy (non-hydrogen) atoms. The van der Waals surface area contributed by atoms with Crippen LogP contribution < -0.4 is 0 Å². The fraction of sp³-hybridized carbons (Fsp3) is 0.750. The third-order valence-corrected chi connectivity index (χ3v) is 5.71. The van der Waals surface area contributed by atoms with Crippen molar-refractivity contribution >= 4 is 23.3 Å². The van der Waals surface area contributed by atoms with E-state index in [4.69, 9.17) is 0 Å². The van der Waals surface area contributed by atoms with Gasteiger partial charge in [-0.2, -0.15) is 0 Å². The maximum atomic E-state index is 12.7. The van der Waals surface area contributed by atoms with E-state index in [-0.39, 0.29) is 11.8 Å². The maximum Gasteiger partial charge on any atom is 0.267 e. The highest BCUT2D eigenvalue weighted by atomic mass is 32.1. The normalized spacial score (nSPS) is 20.4. The van der Waals surface area contributed by atoms with Crippen LogP contribution in [0.4, 0.5) is 0 Å². The zero-order valence-electron chi connectivity index (χ0n) is 13.7. The molecule has 7 heteroatoms. The van der Waals surface area contributed by atoms with Crippen molar-refractivity contribution in [2.75, 3.05) is 26.2 Å². The van der Waals surface area contributed by atoms with Crippen LogP contribution >= 0.6 is 11.5 Å². The molecule has 0 spiro atoms. The summed E-state index contributed by atoms with van der Waals surface area (Å²) in [4.78, 5) is 29.7. The number of carbonyl (C=O) groups excluding carboxylic acids is 2. The Bertz CT molecular complexity index is 558. The second kappa shape index (κ2) is 7.38. The molecule has 0 aromatic carbocycles. The van der Waals surface area contributed by atoms with E-state index in [2.05, 4.69) is 9.59 Å². The van der Waals surface area contributed by atoms with Gasteiger partial charge in [0.2, 0.25) is 5.91 Å². The fourth-order valence-corrected chi connectivity index (χ4v) is 4.08. The first kappa shape index (κ1) is 16.4. The van der Waals surface area contributed by atoms with E-state index >= 15 is 0 Å². The number of nitrogens with zero attached hydrogens (tertiary/aromatic N) is 4. The van der Waals surface area contributed by atoms with Gasteiger partial charge in [-0.25, -0.2) is 0 Å². The first-order chi connectivity index (χ1) is 11.2. The van der Waals surface area contributed by atoms with E-state index in [9.17, 15) is 9.59 Å². The lowest BCUT2D eigenvalue weighted by molar-refractivity contribution is -0.136. The van der Waals surface area contributed by atoms with Gasteiger partial charge in [0.05, 0.1) is 5.69 Å². The quantitative estimate of drug-likeness (QED) is 0.829. The fourth-order valence-electron chi connectivity index (χ4n) is 3.45. The van der Waals surface area contributed by atoms with E-state index in [1.807, 2.05) is 16.7 Å². The lowest BCUT2D eigenvalue weighted by atomic mass is 9.95. The lowest BCUT2D eigenvalue weighted by Gasteiger charge is -2.33. The molecule has 2 fully saturated rings. The minimum Gasteiger partial charge on any atom is -0.342 e. The van der Waals surface area contributed by atoms with Gasteiger partial charge in [0.15, 0.2) is 0 Å². The van der Waals surface area contributed by atoms with E-state index in [1.54, 1.807) is 0 Å². The molecule has 0 N–H and O–H groups in total. The summed E-state index contributed by atoms with van der Waals surface area (Å²) >= 11 is 1.16. The highest BCUT2D eigenvalue weighted by molar-refractivity contribution is 7.07. The highest BCUT2D eigenvalue weighted by Crippen LogP contribution is 2.24. The van der Waals surface area contributed by atoms with Crippen LogP contribution in [0.25, 0.3) is 0 Å². The van der Waals surface area contributed by atoms with Gasteiger partial charge in [-0.3, -0.25) is 9.59 Å². The number of amides is 2. The van der Waals surface area contributed by atoms with Crippen LogP contribution in [0.2, 0.25) is 0 Å². The molecule has 6 nitrogen and oxygen atoms in total. The Balaban J connectivity index is 1.54. The van der Waals surface area contributed by atoms with Crippen LogP contribution in [0, 0.1) is 12.8 Å². The Hall–Kier alpha value is -1.50. The minimum atomic E-state index is 0.0122. The molecule has 0 saturated carbocycles. The molecule has 0 radical (unpaired) electrons. The molecule has 0 aliphatic carbocycles. The SMILES string of the molecule is Cc1nnsc1C(=O)N1CCC(C(=O)N2CCCCCC2)CC1. The van der Waals surface area contributed by atoms with Crippen molar-refractivity contribution in [1.82, 2.24) is 19.4 Å². The Morgan fingerprint density at radius 3 is 2.22 bits per heavy atom. The van der Waals surface area contributed by atoms with Crippen LogP contribution in [0.5, 0.6) is 0 Å². The Labute approximate surface area is 141 Å². The van der Waals surface area contributed by atoms with Crippen molar-refractivity contribution in [3.05, 3.63) is 10.6 Å². The van der Waals surface area contributed by atoms with Gasteiger partial charge in [-0.1, -0.05) is 17.3 Å². The molecule has 2 aliphatic rings. The summed E-state index contributed by atoms with van der Waals surface area (Å²) in [5, 5.41) is 3.91. The van der Waals surface area contributed by atoms with E-state index in [0.717, 1.165) is 50.3 Å². The molecule has 3 heterocycles. The zero-order valence-corrected chi connectivity index (χ0v) is 14.5. The number of rotatable bonds is 2. The Morgan fingerprint density at radius 2 is 1.65 bits per heavy atom. The highest BCUT2D eigenvalue weighted by Gasteiger charge is 2.31. The Kier molecular flexibility index (Phi) is 5.25. The summed E-state index contributed by atoms with van der Waals surface area (Å²) in [7, 11) is 0. The number of likely N-dealkylation sites (tertiary alicyclic amines) is 2. The molecule has 0 bridgehead atoms. The molecule has 2 saturated heterocycles. The minimum absolute atomic E-state index is 0.0122. The largest absolute Gasteiger partial charge is 0.342 e. The second-order valence-electron chi connectivity index (χ2n) is 6.49. The predicted molar refractivity (Wildman–Crippen MR) is 88.3 cm³/mol. The predicted octanol–water partition coefficient (Wildman–Crippen LogP) is 2.10. The average Bonchev–Trinajstić information content (AvgIpc) is 2.84. The molecule has 2 amide bonds. The number of carbonyl (C=O) groups is 2. The zero-order chi connectivity index (χ0) is 16.2. The van der Waals surface area contributed by atoms with Crippen LogP contribution in [0.3, 0.4) is 0 Å². The van der Waals surface area contributed by atoms with Crippen molar-refractivity contribution in [2.45, 2.75) is 45.4 Å². The van der Waals surface area contributed by atoms with Crippen molar-refractivity contribution < 1.29 is 9.59 Å². The van der Waals surface area contributed by atoms with Gasteiger partial charge in [-0.05, 0) is 44.1 Å². The number of aromatic nitrogens is 2. The molecular weight excluding hydrogens is 312 g/mol. The summed E-state index contributed by atoms with van der Waals surface area (Å²) in [6.45, 7) is 4.93. The molecule has 0 unspecified atom stereocenters. The maximum absolute atomic E-state index is 12.7. The molecule has 1 aromatic rings. The molecule has 2 aliphatic heterocycles. The van der Waals surface area contributed by atoms with Gasteiger partial charge in [-0.15, -0.1) is 5.10 Å². The van der Waals surface area contributed by atoms with Crippen molar-refractivity contribution in [3.63, 3.8) is 0 Å². The smallest absolute Gasteiger partial charge is 0.267 e. The molecule has 3 rings (SSSR count). The average molecular weight is 336 g/mol. The van der Waals surface area contributed by atoms with Crippen LogP contribution in [-0.4, -0.2) is 57.4 Å². The van der Waals surface area contributed by atoms with Crippen LogP contribution in [0.15, 0.2) is 0 Å². The van der Waals surface area contributed by atoms with Crippen LogP contribution in [-0.2, 0) is 4.79 Å². The Morgan fingerprint density at radius 1 is 1.00 bits per heavy atom. The molecular formula is C16H24N4O2S. The number of aryl methyl sites for hydroxylation is 1. The van der Waals surface area contributed by atoms with Gasteiger partial charge in [0, 0.05) is 32.1 Å². The first-order valence-corrected chi connectivity index (χ1v) is 9.31. The summed E-state index contributed by atoms with van der Waals surface area (Å²) in [6.07, 6.45) is 6.26. The third-order valence-electron chi connectivity index (χ3n) is 4.89. The second-order valence-corrected chi connectivity index (χ2v) is 7.25. The topological polar surface area (TPSA) is 66.4 Å². The van der Waals surface area contributed by atoms with E-state index < -0.39 is 0 Å². The monoisotopic (exact) mass is 336 g/mol. The van der Waals surface area contributed by atoms with Crippen molar-refractivity contribution in [3.8, 4) is 0 Å². The summed E-state index contributed by atoms with van der Waals surface area (Å²) in [6, 6.07) is 0. The lowest BCUT2D eigenvalue weighted by Crippen LogP contribution is -2.44. The summed E-state index contributed by atoms with van der Waals surface area (Å²) < 4.78 is 3.83.